The predicted octanol–water partition coefficient (Wildman–Crippen LogP) is 2.91. The number of sulfonamides is 1. The van der Waals surface area contributed by atoms with E-state index in [4.69, 9.17) is 4.74 Å². The lowest BCUT2D eigenvalue weighted by atomic mass is 9.64. The molecule has 2 atom stereocenters. The number of urea groups is 1. The molecule has 1 saturated carbocycles. The van der Waals surface area contributed by atoms with E-state index in [0.717, 1.165) is 54.4 Å². The van der Waals surface area contributed by atoms with Crippen LogP contribution in [0.5, 0.6) is 5.88 Å². The van der Waals surface area contributed by atoms with Crippen molar-refractivity contribution in [2.75, 3.05) is 12.4 Å². The number of hydrogen-bond donors (Lipinski definition) is 4. The van der Waals surface area contributed by atoms with E-state index in [0.29, 0.717) is 24.4 Å². The Morgan fingerprint density at radius 2 is 2.00 bits per heavy atom. The first-order valence-electron chi connectivity index (χ1n) is 12.7. The summed E-state index contributed by atoms with van der Waals surface area (Å²) < 4.78 is 34.9. The SMILES string of the molecule is COc1cc(-c2ccc3c(c2NC(=O)NS(=O)(=O)c2ccn([C@@H]4CCC[C@H](B(O)O)C4)n2)CCC3)ccn1. The first kappa shape index (κ1) is 26.2. The molecule has 0 spiro atoms. The first-order valence-corrected chi connectivity index (χ1v) is 14.1. The number of amides is 2. The summed E-state index contributed by atoms with van der Waals surface area (Å²) in [6.07, 6.45) is 8.46. The molecule has 2 aliphatic carbocycles. The van der Waals surface area contributed by atoms with Gasteiger partial charge in [0.2, 0.25) is 5.88 Å². The Morgan fingerprint density at radius 1 is 1.16 bits per heavy atom. The standard InChI is InChI=1S/C25H30BN5O6S/c1-37-22-14-17(10-12-27-22)21-9-8-16-4-2-7-20(16)24(21)28-25(32)30-38(35,36)23-11-13-31(29-23)19-6-3-5-18(15-19)26(33)34/h8-14,18-19,33-34H,2-7,15H2,1H3,(H2,28,30,32)/t18-,19+/m0/s1. The third-order valence-corrected chi connectivity index (χ3v) is 8.57. The van der Waals surface area contributed by atoms with Crippen LogP contribution in [0.2, 0.25) is 5.82 Å². The van der Waals surface area contributed by atoms with Gasteiger partial charge >= 0.3 is 13.1 Å². The van der Waals surface area contributed by atoms with Gasteiger partial charge in [0, 0.05) is 24.0 Å². The molecule has 0 unspecified atom stereocenters. The van der Waals surface area contributed by atoms with E-state index < -0.39 is 23.2 Å². The molecule has 13 heteroatoms. The molecule has 1 aromatic carbocycles. The van der Waals surface area contributed by atoms with Crippen LogP contribution in [0.1, 0.15) is 49.3 Å². The van der Waals surface area contributed by atoms with Gasteiger partial charge in [-0.15, -0.1) is 0 Å². The predicted molar refractivity (Wildman–Crippen MR) is 141 cm³/mol. The molecular weight excluding hydrogens is 509 g/mol. The van der Waals surface area contributed by atoms with Crippen LogP contribution in [0.3, 0.4) is 0 Å². The molecule has 2 heterocycles. The Labute approximate surface area is 221 Å². The van der Waals surface area contributed by atoms with Crippen molar-refractivity contribution in [3.8, 4) is 17.0 Å². The third-order valence-electron chi connectivity index (χ3n) is 7.35. The van der Waals surface area contributed by atoms with Crippen molar-refractivity contribution in [1.29, 1.82) is 0 Å². The number of hydrogen-bond acceptors (Lipinski definition) is 8. The minimum absolute atomic E-state index is 0.153. The number of methoxy groups -OCH3 is 1. The van der Waals surface area contributed by atoms with Gasteiger partial charge in [0.15, 0.2) is 5.03 Å². The van der Waals surface area contributed by atoms with Crippen molar-refractivity contribution < 1.29 is 28.0 Å². The van der Waals surface area contributed by atoms with Crippen molar-refractivity contribution >= 4 is 28.9 Å². The van der Waals surface area contributed by atoms with Crippen molar-refractivity contribution in [2.24, 2.45) is 0 Å². The molecule has 200 valence electrons. The molecule has 0 radical (unpaired) electrons. The molecule has 2 amide bonds. The van der Waals surface area contributed by atoms with Crippen molar-refractivity contribution in [3.05, 3.63) is 53.9 Å². The van der Waals surface area contributed by atoms with Crippen LogP contribution in [0.15, 0.2) is 47.8 Å². The highest BCUT2D eigenvalue weighted by Crippen LogP contribution is 2.39. The van der Waals surface area contributed by atoms with Crippen LogP contribution in [0, 0.1) is 0 Å². The summed E-state index contributed by atoms with van der Waals surface area (Å²) in [6.45, 7) is 0. The molecule has 11 nitrogen and oxygen atoms in total. The average Bonchev–Trinajstić information content (AvgIpc) is 3.59. The first-order chi connectivity index (χ1) is 18.2. The lowest BCUT2D eigenvalue weighted by Gasteiger charge is -2.28. The Bertz CT molecular complexity index is 1440. The second-order valence-corrected chi connectivity index (χ2v) is 11.4. The number of nitrogens with zero attached hydrogens (tertiary/aromatic N) is 3. The van der Waals surface area contributed by atoms with Crippen LogP contribution in [0.4, 0.5) is 10.5 Å². The summed E-state index contributed by atoms with van der Waals surface area (Å²) in [5.74, 6) is 0.137. The van der Waals surface area contributed by atoms with Gasteiger partial charge in [-0.05, 0) is 66.7 Å². The maximum Gasteiger partial charge on any atom is 0.454 e. The zero-order chi connectivity index (χ0) is 26.9. The largest absolute Gasteiger partial charge is 0.481 e. The van der Waals surface area contributed by atoms with Gasteiger partial charge in [-0.25, -0.2) is 14.5 Å². The number of pyridine rings is 1. The van der Waals surface area contributed by atoms with E-state index >= 15 is 0 Å². The molecule has 3 aromatic rings. The van der Waals surface area contributed by atoms with Gasteiger partial charge in [-0.3, -0.25) is 4.68 Å². The lowest BCUT2D eigenvalue weighted by molar-refractivity contribution is 0.256. The van der Waals surface area contributed by atoms with E-state index in [1.54, 1.807) is 24.5 Å². The van der Waals surface area contributed by atoms with Crippen molar-refractivity contribution in [3.63, 3.8) is 0 Å². The molecule has 38 heavy (non-hydrogen) atoms. The minimum Gasteiger partial charge on any atom is -0.481 e. The highest BCUT2D eigenvalue weighted by atomic mass is 32.2. The van der Waals surface area contributed by atoms with E-state index in [1.807, 2.05) is 12.1 Å². The number of aryl methyl sites for hydroxylation is 1. The number of carbonyl (C=O) groups is 1. The number of nitrogens with one attached hydrogen (secondary N) is 2. The second kappa shape index (κ2) is 10.8. The normalized spacial score (nSPS) is 19.0. The van der Waals surface area contributed by atoms with Crippen LogP contribution < -0.4 is 14.8 Å². The number of rotatable bonds is 7. The van der Waals surface area contributed by atoms with Crippen LogP contribution in [-0.2, 0) is 22.9 Å². The van der Waals surface area contributed by atoms with E-state index in [2.05, 4.69) is 20.1 Å². The monoisotopic (exact) mass is 539 g/mol. The van der Waals surface area contributed by atoms with Gasteiger partial charge in [0.05, 0.1) is 18.8 Å². The topological polar surface area (TPSA) is 156 Å². The highest BCUT2D eigenvalue weighted by Gasteiger charge is 2.32. The van der Waals surface area contributed by atoms with Gasteiger partial charge in [-0.2, -0.15) is 13.5 Å². The summed E-state index contributed by atoms with van der Waals surface area (Å²) in [4.78, 5) is 17.1. The van der Waals surface area contributed by atoms with E-state index in [9.17, 15) is 23.3 Å². The fourth-order valence-corrected chi connectivity index (χ4v) is 6.27. The maximum absolute atomic E-state index is 13.0. The van der Waals surface area contributed by atoms with Crippen molar-refractivity contribution in [1.82, 2.24) is 19.5 Å². The molecule has 0 aliphatic heterocycles. The summed E-state index contributed by atoms with van der Waals surface area (Å²) >= 11 is 0. The van der Waals surface area contributed by atoms with E-state index in [1.165, 1.54) is 17.9 Å². The third kappa shape index (κ3) is 5.40. The molecule has 4 N–H and O–H groups in total. The van der Waals surface area contributed by atoms with Crippen molar-refractivity contribution in [2.45, 2.75) is 61.8 Å². The summed E-state index contributed by atoms with van der Waals surface area (Å²) in [5.41, 5.74) is 4.17. The van der Waals surface area contributed by atoms with Gasteiger partial charge in [-0.1, -0.05) is 25.0 Å². The quantitative estimate of drug-likeness (QED) is 0.334. The fraction of sp³-hybridized carbons (Fsp3) is 0.400. The molecule has 0 bridgehead atoms. The fourth-order valence-electron chi connectivity index (χ4n) is 5.43. The van der Waals surface area contributed by atoms with Gasteiger partial charge < -0.3 is 20.1 Å². The smallest absolute Gasteiger partial charge is 0.454 e. The summed E-state index contributed by atoms with van der Waals surface area (Å²) in [7, 11) is -4.15. The maximum atomic E-state index is 13.0. The Kier molecular flexibility index (Phi) is 7.42. The molecule has 5 rings (SSSR count). The number of aromatic nitrogens is 3. The van der Waals surface area contributed by atoms with Gasteiger partial charge in [0.25, 0.3) is 10.0 Å². The minimum atomic E-state index is -4.25. The molecule has 2 aromatic heterocycles. The molecule has 0 saturated heterocycles. The Balaban J connectivity index is 1.36. The zero-order valence-corrected chi connectivity index (χ0v) is 21.8. The number of anilines is 1. The number of ether oxygens (including phenoxy) is 1. The average molecular weight is 539 g/mol. The Morgan fingerprint density at radius 3 is 2.79 bits per heavy atom. The summed E-state index contributed by atoms with van der Waals surface area (Å²) in [5, 5.41) is 25.8. The van der Waals surface area contributed by atoms with Crippen LogP contribution >= 0.6 is 0 Å². The lowest BCUT2D eigenvalue weighted by Crippen LogP contribution is -2.35. The second-order valence-electron chi connectivity index (χ2n) is 9.75. The van der Waals surface area contributed by atoms with Crippen LogP contribution in [0.25, 0.3) is 11.1 Å². The van der Waals surface area contributed by atoms with Gasteiger partial charge in [0.1, 0.15) is 0 Å². The summed E-state index contributed by atoms with van der Waals surface area (Å²) in [6, 6.07) is 7.80. The Hall–Kier alpha value is -3.42. The number of benzene rings is 1. The van der Waals surface area contributed by atoms with Crippen LogP contribution in [-0.4, -0.2) is 53.5 Å². The molecule has 1 fully saturated rings. The van der Waals surface area contributed by atoms with E-state index in [-0.39, 0.29) is 16.9 Å². The molecular formula is C25H30BN5O6S. The zero-order valence-electron chi connectivity index (χ0n) is 21.0. The number of fused-ring (bicyclic) bond motifs is 1. The highest BCUT2D eigenvalue weighted by molar-refractivity contribution is 7.90. The molecule has 2 aliphatic rings. The number of carbonyl (C=O) groups excluding carboxylic acids is 1.